The third-order valence-electron chi connectivity index (χ3n) is 4.71. The van der Waals surface area contributed by atoms with Gasteiger partial charge in [0, 0.05) is 31.1 Å². The molecule has 28 heavy (non-hydrogen) atoms. The zero-order valence-electron chi connectivity index (χ0n) is 16.4. The average Bonchev–Trinajstić information content (AvgIpc) is 3.15. The molecule has 0 aliphatic carbocycles. The lowest BCUT2D eigenvalue weighted by atomic mass is 10.1. The van der Waals surface area contributed by atoms with Crippen LogP contribution in [-0.4, -0.2) is 36.0 Å². The van der Waals surface area contributed by atoms with Crippen LogP contribution in [0, 0.1) is 13.8 Å². The van der Waals surface area contributed by atoms with Crippen LogP contribution in [0.2, 0.25) is 0 Å². The van der Waals surface area contributed by atoms with Crippen LogP contribution in [0.25, 0.3) is 11.3 Å². The molecule has 6 heteroatoms. The normalized spacial score (nSPS) is 14.0. The number of nitrogens with zero attached hydrogens (tertiary/aromatic N) is 3. The van der Waals surface area contributed by atoms with Gasteiger partial charge in [0.15, 0.2) is 11.1 Å². The van der Waals surface area contributed by atoms with Gasteiger partial charge in [0.25, 0.3) is 0 Å². The summed E-state index contributed by atoms with van der Waals surface area (Å²) in [5.74, 6) is 2.55. The number of rotatable bonds is 4. The van der Waals surface area contributed by atoms with Crippen LogP contribution >= 0.6 is 11.3 Å². The largest absolute Gasteiger partial charge is 0.456 e. The van der Waals surface area contributed by atoms with Crippen molar-refractivity contribution in [2.75, 3.05) is 25.5 Å². The van der Waals surface area contributed by atoms with Gasteiger partial charge in [-0.1, -0.05) is 29.8 Å². The van der Waals surface area contributed by atoms with Gasteiger partial charge < -0.3 is 15.0 Å². The first kappa shape index (κ1) is 18.5. The third kappa shape index (κ3) is 4.02. The van der Waals surface area contributed by atoms with Crippen LogP contribution in [0.15, 0.2) is 52.8 Å². The molecule has 0 saturated carbocycles. The van der Waals surface area contributed by atoms with Crippen LogP contribution in [-0.2, 0) is 0 Å². The fraction of sp³-hybridized carbons (Fsp3) is 0.273. The van der Waals surface area contributed by atoms with Gasteiger partial charge in [-0.05, 0) is 44.0 Å². The maximum absolute atomic E-state index is 6.24. The Balaban J connectivity index is 1.58. The number of hydrogen-bond donors (Lipinski definition) is 1. The number of thiazole rings is 1. The number of aryl methyl sites for hydroxylation is 2. The van der Waals surface area contributed by atoms with Crippen molar-refractivity contribution in [1.82, 2.24) is 9.88 Å². The predicted molar refractivity (Wildman–Crippen MR) is 117 cm³/mol. The van der Waals surface area contributed by atoms with Crippen molar-refractivity contribution in [2.45, 2.75) is 20.3 Å². The van der Waals surface area contributed by atoms with Crippen LogP contribution in [0.1, 0.15) is 17.5 Å². The highest BCUT2D eigenvalue weighted by atomic mass is 32.1. The summed E-state index contributed by atoms with van der Waals surface area (Å²) in [6.45, 7) is 6.02. The molecule has 1 aliphatic rings. The Kier molecular flexibility index (Phi) is 5.30. The van der Waals surface area contributed by atoms with Gasteiger partial charge in [0.05, 0.1) is 5.69 Å². The summed E-state index contributed by atoms with van der Waals surface area (Å²) in [5, 5.41) is 6.24. The van der Waals surface area contributed by atoms with Gasteiger partial charge in [-0.3, -0.25) is 4.99 Å². The fourth-order valence-corrected chi connectivity index (χ4v) is 3.91. The summed E-state index contributed by atoms with van der Waals surface area (Å²) in [6, 6.07) is 14.2. The highest BCUT2D eigenvalue weighted by Gasteiger charge is 2.15. The molecule has 0 saturated heterocycles. The van der Waals surface area contributed by atoms with E-state index in [0.717, 1.165) is 58.9 Å². The smallest absolute Gasteiger partial charge is 0.200 e. The topological polar surface area (TPSA) is 49.8 Å². The van der Waals surface area contributed by atoms with Gasteiger partial charge in [-0.25, -0.2) is 4.98 Å². The van der Waals surface area contributed by atoms with E-state index in [4.69, 9.17) is 9.72 Å². The minimum Gasteiger partial charge on any atom is -0.456 e. The van der Waals surface area contributed by atoms with Crippen molar-refractivity contribution in [1.29, 1.82) is 0 Å². The van der Waals surface area contributed by atoms with Gasteiger partial charge in [0.2, 0.25) is 0 Å². The van der Waals surface area contributed by atoms with E-state index in [2.05, 4.69) is 46.6 Å². The number of nitrogens with one attached hydrogen (secondary N) is 1. The van der Waals surface area contributed by atoms with Crippen molar-refractivity contribution >= 4 is 22.4 Å². The number of anilines is 1. The third-order valence-corrected chi connectivity index (χ3v) is 5.47. The molecule has 3 aromatic rings. The minimum atomic E-state index is 0.804. The molecule has 0 atom stereocenters. The van der Waals surface area contributed by atoms with E-state index in [1.165, 1.54) is 5.56 Å². The molecule has 0 radical (unpaired) electrons. The molecule has 0 fully saturated rings. The van der Waals surface area contributed by atoms with Crippen molar-refractivity contribution in [3.8, 4) is 22.8 Å². The second-order valence-corrected chi connectivity index (χ2v) is 7.87. The number of ether oxygens (including phenoxy) is 1. The number of aromatic nitrogens is 1. The summed E-state index contributed by atoms with van der Waals surface area (Å²) in [6.07, 6.45) is 1.09. The number of para-hydroxylation sites is 1. The number of guanidine groups is 1. The molecule has 5 nitrogen and oxygen atoms in total. The first-order valence-corrected chi connectivity index (χ1v) is 10.3. The van der Waals surface area contributed by atoms with Crippen LogP contribution in [0.5, 0.6) is 11.5 Å². The highest BCUT2D eigenvalue weighted by Crippen LogP contribution is 2.36. The molecule has 4 rings (SSSR count). The lowest BCUT2D eigenvalue weighted by molar-refractivity contribution is 0.466. The van der Waals surface area contributed by atoms with E-state index < -0.39 is 0 Å². The molecular formula is C22H24N4OS. The minimum absolute atomic E-state index is 0.804. The van der Waals surface area contributed by atoms with Crippen LogP contribution in [0.4, 0.5) is 5.13 Å². The maximum atomic E-state index is 6.24. The molecule has 144 valence electrons. The molecule has 0 spiro atoms. The molecular weight excluding hydrogens is 368 g/mol. The number of hydrogen-bond acceptors (Lipinski definition) is 6. The summed E-state index contributed by atoms with van der Waals surface area (Å²) >= 11 is 1.57. The second-order valence-electron chi connectivity index (χ2n) is 7.01. The lowest BCUT2D eigenvalue weighted by Gasteiger charge is -2.24. The Labute approximate surface area is 169 Å². The van der Waals surface area contributed by atoms with Crippen LogP contribution < -0.4 is 10.1 Å². The van der Waals surface area contributed by atoms with Crippen molar-refractivity contribution in [3.63, 3.8) is 0 Å². The quantitative estimate of drug-likeness (QED) is 0.653. The highest BCUT2D eigenvalue weighted by molar-refractivity contribution is 7.14. The zero-order chi connectivity index (χ0) is 19.5. The van der Waals surface area contributed by atoms with E-state index >= 15 is 0 Å². The lowest BCUT2D eigenvalue weighted by Crippen LogP contribution is -2.37. The molecule has 1 aliphatic heterocycles. The standard InChI is InChI=1S/C22H24N4OS/c1-15-9-10-19(16(2)13-15)27-20-8-5-4-7-17(20)18-14-28-22(24-18)25-21-23-11-6-12-26(21)3/h4-5,7-10,13-14H,6,11-12H2,1-3H3,(H,23,24,25). The summed E-state index contributed by atoms with van der Waals surface area (Å²) in [7, 11) is 2.05. The first-order valence-electron chi connectivity index (χ1n) is 9.43. The van der Waals surface area contributed by atoms with Crippen molar-refractivity contribution in [3.05, 3.63) is 59.0 Å². The number of benzene rings is 2. The Morgan fingerprint density at radius 3 is 2.79 bits per heavy atom. The Hall–Kier alpha value is -2.86. The second kappa shape index (κ2) is 8.02. The Morgan fingerprint density at radius 1 is 1.11 bits per heavy atom. The van der Waals surface area contributed by atoms with E-state index in [-0.39, 0.29) is 0 Å². The van der Waals surface area contributed by atoms with Crippen molar-refractivity contribution < 1.29 is 4.74 Å². The molecule has 2 heterocycles. The van der Waals surface area contributed by atoms with Gasteiger partial charge in [-0.15, -0.1) is 11.3 Å². The summed E-state index contributed by atoms with van der Waals surface area (Å²) in [4.78, 5) is 11.4. The summed E-state index contributed by atoms with van der Waals surface area (Å²) < 4.78 is 6.24. The van der Waals surface area contributed by atoms with Crippen LogP contribution in [0.3, 0.4) is 0 Å². The summed E-state index contributed by atoms with van der Waals surface area (Å²) in [5.41, 5.74) is 4.22. The molecule has 2 aromatic carbocycles. The predicted octanol–water partition coefficient (Wildman–Crippen LogP) is 5.32. The molecule has 0 bridgehead atoms. The molecule has 1 aromatic heterocycles. The number of aliphatic imine (C=N–C) groups is 1. The first-order chi connectivity index (χ1) is 13.6. The maximum Gasteiger partial charge on any atom is 0.200 e. The Bertz CT molecular complexity index is 1010. The van der Waals surface area contributed by atoms with Gasteiger partial charge in [-0.2, -0.15) is 0 Å². The van der Waals surface area contributed by atoms with E-state index in [1.54, 1.807) is 11.3 Å². The van der Waals surface area contributed by atoms with Crippen molar-refractivity contribution in [2.24, 2.45) is 4.99 Å². The van der Waals surface area contributed by atoms with Gasteiger partial charge in [0.1, 0.15) is 11.5 Å². The van der Waals surface area contributed by atoms with E-state index in [1.807, 2.05) is 37.4 Å². The van der Waals surface area contributed by atoms with E-state index in [9.17, 15) is 0 Å². The monoisotopic (exact) mass is 392 g/mol. The van der Waals surface area contributed by atoms with Gasteiger partial charge >= 0.3 is 0 Å². The molecule has 0 amide bonds. The molecule has 1 N–H and O–H groups in total. The molecule has 0 unspecified atom stereocenters. The fourth-order valence-electron chi connectivity index (χ4n) is 3.20. The SMILES string of the molecule is Cc1ccc(Oc2ccccc2-c2csc(NC3=NCCCN3C)n2)c(C)c1. The zero-order valence-corrected chi connectivity index (χ0v) is 17.2. The van der Waals surface area contributed by atoms with E-state index in [0.29, 0.717) is 0 Å². The Morgan fingerprint density at radius 2 is 1.96 bits per heavy atom. The average molecular weight is 393 g/mol.